The maximum atomic E-state index is 14.0. The minimum absolute atomic E-state index is 0.261. The van der Waals surface area contributed by atoms with Gasteiger partial charge in [0, 0.05) is 18.7 Å². The molecule has 0 heterocycles. The van der Waals surface area contributed by atoms with Crippen molar-refractivity contribution in [1.29, 1.82) is 0 Å². The zero-order valence-corrected chi connectivity index (χ0v) is 10.9. The van der Waals surface area contributed by atoms with Gasteiger partial charge >= 0.3 is 6.03 Å². The molecule has 0 saturated heterocycles. The lowest BCUT2D eigenvalue weighted by molar-refractivity contribution is 0.223. The summed E-state index contributed by atoms with van der Waals surface area (Å²) in [5.41, 5.74) is 5.35. The third-order valence-corrected chi connectivity index (χ3v) is 3.63. The molecule has 0 spiro atoms. The number of amides is 2. The van der Waals surface area contributed by atoms with Crippen molar-refractivity contribution in [2.24, 2.45) is 5.73 Å². The Morgan fingerprint density at radius 2 is 2.00 bits per heavy atom. The molecule has 0 radical (unpaired) electrons. The Hall–Kier alpha value is -1.62. The first kappa shape index (κ1) is 13.8. The SMILES string of the molecule is NCCNC(=O)NC1(c2ccccc2F)CCCC1. The van der Waals surface area contributed by atoms with Gasteiger partial charge in [0.05, 0.1) is 5.54 Å². The maximum absolute atomic E-state index is 14.0. The van der Waals surface area contributed by atoms with Gasteiger partial charge in [-0.05, 0) is 18.9 Å². The number of urea groups is 1. The highest BCUT2D eigenvalue weighted by molar-refractivity contribution is 5.75. The summed E-state index contributed by atoms with van der Waals surface area (Å²) in [4.78, 5) is 11.8. The molecule has 0 bridgehead atoms. The molecule has 1 saturated carbocycles. The molecule has 0 aliphatic heterocycles. The Morgan fingerprint density at radius 3 is 2.63 bits per heavy atom. The number of rotatable bonds is 4. The van der Waals surface area contributed by atoms with Crippen LogP contribution in [0, 0.1) is 5.82 Å². The summed E-state index contributed by atoms with van der Waals surface area (Å²) in [6.07, 6.45) is 3.52. The number of nitrogens with one attached hydrogen (secondary N) is 2. The lowest BCUT2D eigenvalue weighted by Gasteiger charge is -2.31. The van der Waals surface area contributed by atoms with Crippen LogP contribution in [0.4, 0.5) is 9.18 Å². The molecule has 1 aliphatic rings. The van der Waals surface area contributed by atoms with Crippen LogP contribution in [0.5, 0.6) is 0 Å². The number of hydrogen-bond acceptors (Lipinski definition) is 2. The zero-order valence-electron chi connectivity index (χ0n) is 10.9. The van der Waals surface area contributed by atoms with Crippen molar-refractivity contribution >= 4 is 6.03 Å². The molecule has 1 fully saturated rings. The van der Waals surface area contributed by atoms with E-state index in [0.717, 1.165) is 25.7 Å². The van der Waals surface area contributed by atoms with Gasteiger partial charge in [-0.25, -0.2) is 9.18 Å². The fraction of sp³-hybridized carbons (Fsp3) is 0.500. The van der Waals surface area contributed by atoms with E-state index in [1.807, 2.05) is 0 Å². The van der Waals surface area contributed by atoms with E-state index >= 15 is 0 Å². The molecule has 0 aromatic heterocycles. The number of benzene rings is 1. The van der Waals surface area contributed by atoms with E-state index in [2.05, 4.69) is 10.6 Å². The van der Waals surface area contributed by atoms with Gasteiger partial charge in [0.2, 0.25) is 0 Å². The first-order valence-corrected chi connectivity index (χ1v) is 6.69. The first-order valence-electron chi connectivity index (χ1n) is 6.69. The van der Waals surface area contributed by atoms with Crippen molar-refractivity contribution in [1.82, 2.24) is 10.6 Å². The number of halogens is 1. The highest BCUT2D eigenvalue weighted by Crippen LogP contribution is 2.39. The van der Waals surface area contributed by atoms with Crippen LogP contribution in [-0.4, -0.2) is 19.1 Å². The normalized spacial score (nSPS) is 17.2. The van der Waals surface area contributed by atoms with Gasteiger partial charge < -0.3 is 16.4 Å². The minimum Gasteiger partial charge on any atom is -0.337 e. The Labute approximate surface area is 112 Å². The van der Waals surface area contributed by atoms with Crippen LogP contribution in [0.15, 0.2) is 24.3 Å². The summed E-state index contributed by atoms with van der Waals surface area (Å²) in [5.74, 6) is -0.261. The summed E-state index contributed by atoms with van der Waals surface area (Å²) in [6, 6.07) is 6.38. The predicted octanol–water partition coefficient (Wildman–Crippen LogP) is 1.85. The van der Waals surface area contributed by atoms with Crippen LogP contribution in [0.3, 0.4) is 0 Å². The molecule has 1 aliphatic carbocycles. The van der Waals surface area contributed by atoms with Crippen molar-refractivity contribution in [3.63, 3.8) is 0 Å². The van der Waals surface area contributed by atoms with E-state index in [1.165, 1.54) is 6.07 Å². The molecule has 104 valence electrons. The summed E-state index contributed by atoms with van der Waals surface area (Å²) in [6.45, 7) is 0.805. The Morgan fingerprint density at radius 1 is 1.32 bits per heavy atom. The Kier molecular flexibility index (Phi) is 4.37. The quantitative estimate of drug-likeness (QED) is 0.777. The smallest absolute Gasteiger partial charge is 0.315 e. The molecule has 2 amide bonds. The number of nitrogens with two attached hydrogens (primary N) is 1. The molecule has 0 unspecified atom stereocenters. The van der Waals surface area contributed by atoms with E-state index in [0.29, 0.717) is 18.7 Å². The Balaban J connectivity index is 2.19. The van der Waals surface area contributed by atoms with Gasteiger partial charge in [-0.15, -0.1) is 0 Å². The van der Waals surface area contributed by atoms with Gasteiger partial charge in [0.1, 0.15) is 5.82 Å². The lowest BCUT2D eigenvalue weighted by atomic mass is 9.88. The van der Waals surface area contributed by atoms with Crippen molar-refractivity contribution in [2.45, 2.75) is 31.2 Å². The molecule has 19 heavy (non-hydrogen) atoms. The van der Waals surface area contributed by atoms with Gasteiger partial charge in [-0.2, -0.15) is 0 Å². The molecular formula is C14H20FN3O. The second kappa shape index (κ2) is 6.02. The van der Waals surface area contributed by atoms with E-state index < -0.39 is 5.54 Å². The zero-order chi connectivity index (χ0) is 13.7. The third kappa shape index (κ3) is 3.04. The van der Waals surface area contributed by atoms with E-state index in [-0.39, 0.29) is 11.8 Å². The van der Waals surface area contributed by atoms with E-state index in [4.69, 9.17) is 5.73 Å². The molecule has 1 aromatic carbocycles. The molecule has 0 atom stereocenters. The van der Waals surface area contributed by atoms with Crippen LogP contribution >= 0.6 is 0 Å². The summed E-state index contributed by atoms with van der Waals surface area (Å²) in [7, 11) is 0. The predicted molar refractivity (Wildman–Crippen MR) is 72.1 cm³/mol. The van der Waals surface area contributed by atoms with Crippen molar-refractivity contribution in [2.75, 3.05) is 13.1 Å². The average Bonchev–Trinajstić information content (AvgIpc) is 2.86. The van der Waals surface area contributed by atoms with Crippen LogP contribution in [0.25, 0.3) is 0 Å². The van der Waals surface area contributed by atoms with Gasteiger partial charge in [-0.3, -0.25) is 0 Å². The third-order valence-electron chi connectivity index (χ3n) is 3.63. The van der Waals surface area contributed by atoms with Crippen LogP contribution in [-0.2, 0) is 5.54 Å². The topological polar surface area (TPSA) is 67.1 Å². The summed E-state index contributed by atoms with van der Waals surface area (Å²) < 4.78 is 14.0. The minimum atomic E-state index is -0.579. The number of hydrogen-bond donors (Lipinski definition) is 3. The van der Waals surface area contributed by atoms with Gasteiger partial charge in [0.15, 0.2) is 0 Å². The van der Waals surface area contributed by atoms with Crippen LogP contribution in [0.1, 0.15) is 31.2 Å². The first-order chi connectivity index (χ1) is 9.18. The highest BCUT2D eigenvalue weighted by Gasteiger charge is 2.38. The number of carbonyl (C=O) groups excluding carboxylic acids is 1. The fourth-order valence-corrected chi connectivity index (χ4v) is 2.74. The van der Waals surface area contributed by atoms with Crippen molar-refractivity contribution in [3.05, 3.63) is 35.6 Å². The Bertz CT molecular complexity index is 444. The largest absolute Gasteiger partial charge is 0.337 e. The summed E-state index contributed by atoms with van der Waals surface area (Å²) in [5, 5.41) is 5.61. The molecule has 1 aromatic rings. The van der Waals surface area contributed by atoms with Crippen LogP contribution in [0.2, 0.25) is 0 Å². The molecular weight excluding hydrogens is 245 g/mol. The fourth-order valence-electron chi connectivity index (χ4n) is 2.74. The molecule has 2 rings (SSSR count). The second-order valence-electron chi connectivity index (χ2n) is 4.94. The van der Waals surface area contributed by atoms with Crippen molar-refractivity contribution < 1.29 is 9.18 Å². The highest BCUT2D eigenvalue weighted by atomic mass is 19.1. The standard InChI is InChI=1S/C14H20FN3O/c15-12-6-2-1-5-11(12)14(7-3-4-8-14)18-13(19)17-10-9-16/h1-2,5-6H,3-4,7-10,16H2,(H2,17,18,19). The monoisotopic (exact) mass is 265 g/mol. The second-order valence-corrected chi connectivity index (χ2v) is 4.94. The molecule has 5 heteroatoms. The van der Waals surface area contributed by atoms with Crippen molar-refractivity contribution in [3.8, 4) is 0 Å². The van der Waals surface area contributed by atoms with E-state index in [1.54, 1.807) is 18.2 Å². The maximum Gasteiger partial charge on any atom is 0.315 e. The van der Waals surface area contributed by atoms with Gasteiger partial charge in [0.25, 0.3) is 0 Å². The van der Waals surface area contributed by atoms with Crippen LogP contribution < -0.4 is 16.4 Å². The lowest BCUT2D eigenvalue weighted by Crippen LogP contribution is -2.49. The molecule has 4 N–H and O–H groups in total. The van der Waals surface area contributed by atoms with E-state index in [9.17, 15) is 9.18 Å². The van der Waals surface area contributed by atoms with Gasteiger partial charge in [-0.1, -0.05) is 31.0 Å². The molecule has 4 nitrogen and oxygen atoms in total. The number of carbonyl (C=O) groups is 1. The summed E-state index contributed by atoms with van der Waals surface area (Å²) >= 11 is 0. The average molecular weight is 265 g/mol.